The van der Waals surface area contributed by atoms with Crippen molar-refractivity contribution >= 4 is 62.2 Å². The lowest BCUT2D eigenvalue weighted by Crippen LogP contribution is -2.32. The van der Waals surface area contributed by atoms with Crippen molar-refractivity contribution in [1.82, 2.24) is 4.98 Å². The molecule has 2 aliphatic rings. The van der Waals surface area contributed by atoms with Crippen LogP contribution in [0.2, 0.25) is 0 Å². The number of carbonyl (C=O) groups is 3. The first-order chi connectivity index (χ1) is 21.9. The SMILES string of the molecule is CCOc1cc([C@H]2c3sc(=O)[nH]c3SC3C(=O)N(c4ccc(F)cc4)C(=O)C32)ccc1OCC(=O)Nc1ccc(S(N)(=O)=O)cc1. The molecule has 3 heterocycles. The van der Waals surface area contributed by atoms with Crippen LogP contribution in [0.5, 0.6) is 11.5 Å². The molecular formula is C30H25FN4O8S3. The summed E-state index contributed by atoms with van der Waals surface area (Å²) in [4.78, 5) is 56.5. The number of nitrogens with one attached hydrogen (secondary N) is 2. The number of imide groups is 1. The molecule has 2 unspecified atom stereocenters. The van der Waals surface area contributed by atoms with Gasteiger partial charge in [0.05, 0.1) is 28.1 Å². The molecule has 0 saturated carbocycles. The van der Waals surface area contributed by atoms with Crippen LogP contribution in [0.4, 0.5) is 15.8 Å². The van der Waals surface area contributed by atoms with E-state index in [1.165, 1.54) is 48.5 Å². The van der Waals surface area contributed by atoms with Gasteiger partial charge in [-0.3, -0.25) is 19.2 Å². The fraction of sp³-hybridized carbons (Fsp3) is 0.200. The standard InChI is InChI=1S/C30H25FN4O8S3/c1-2-42-21-13-15(3-12-20(21)43-14-22(36)33-17-6-10-19(11-7-17)46(32,40)41)23-24-26(44-27-25(23)45-30(39)34-27)29(38)35(28(24)37)18-8-4-16(31)5-9-18/h3-13,23-24,26H,2,14H2,1H3,(H,33,36)(H,34,39)(H2,32,40,41)/t23-,24?,26?/m1/s1. The Morgan fingerprint density at radius 1 is 1.00 bits per heavy atom. The Bertz CT molecular complexity index is 2010. The van der Waals surface area contributed by atoms with Gasteiger partial charge in [-0.15, -0.1) is 0 Å². The topological polar surface area (TPSA) is 178 Å². The Morgan fingerprint density at radius 2 is 1.72 bits per heavy atom. The van der Waals surface area contributed by atoms with Gasteiger partial charge in [0.1, 0.15) is 11.1 Å². The molecular weight excluding hydrogens is 660 g/mol. The predicted molar refractivity (Wildman–Crippen MR) is 168 cm³/mol. The zero-order chi connectivity index (χ0) is 32.7. The van der Waals surface area contributed by atoms with Crippen LogP contribution in [0.3, 0.4) is 0 Å². The first kappa shape index (κ1) is 31.5. The number of primary sulfonamides is 1. The van der Waals surface area contributed by atoms with Crippen LogP contribution in [-0.2, 0) is 24.4 Å². The van der Waals surface area contributed by atoms with Crippen LogP contribution in [0, 0.1) is 11.7 Å². The Morgan fingerprint density at radius 3 is 2.39 bits per heavy atom. The second-order valence-corrected chi connectivity index (χ2v) is 14.0. The molecule has 4 aromatic rings. The molecule has 0 spiro atoms. The highest BCUT2D eigenvalue weighted by Crippen LogP contribution is 2.53. The van der Waals surface area contributed by atoms with Crippen molar-refractivity contribution in [2.45, 2.75) is 28.0 Å². The number of benzene rings is 3. The molecule has 1 fully saturated rings. The van der Waals surface area contributed by atoms with Crippen molar-refractivity contribution in [2.24, 2.45) is 11.1 Å². The van der Waals surface area contributed by atoms with Gasteiger partial charge in [-0.05, 0) is 73.2 Å². The molecule has 0 bridgehead atoms. The largest absolute Gasteiger partial charge is 0.490 e. The maximum absolute atomic E-state index is 13.9. The summed E-state index contributed by atoms with van der Waals surface area (Å²) in [6, 6.07) is 15.3. The lowest BCUT2D eigenvalue weighted by molar-refractivity contribution is -0.122. The second kappa shape index (κ2) is 12.4. The number of anilines is 2. The lowest BCUT2D eigenvalue weighted by atomic mass is 9.83. The third-order valence-corrected chi connectivity index (χ3v) is 10.7. The second-order valence-electron chi connectivity index (χ2n) is 10.3. The number of H-pyrrole nitrogens is 1. The average molecular weight is 685 g/mol. The third-order valence-electron chi connectivity index (χ3n) is 7.36. The number of nitrogens with zero attached hydrogens (tertiary/aromatic N) is 1. The lowest BCUT2D eigenvalue weighted by Gasteiger charge is -2.30. The number of hydrogen-bond donors (Lipinski definition) is 3. The normalized spacial score (nSPS) is 19.0. The Hall–Kier alpha value is -4.51. The molecule has 3 amide bonds. The third kappa shape index (κ3) is 6.03. The van der Waals surface area contributed by atoms with Gasteiger partial charge in [0.15, 0.2) is 18.1 Å². The van der Waals surface area contributed by atoms with E-state index in [0.717, 1.165) is 28.0 Å². The summed E-state index contributed by atoms with van der Waals surface area (Å²) in [5, 5.41) is 7.37. The molecule has 46 heavy (non-hydrogen) atoms. The molecule has 0 radical (unpaired) electrons. The summed E-state index contributed by atoms with van der Waals surface area (Å²) in [5.74, 6) is -3.03. The molecule has 4 N–H and O–H groups in total. The Balaban J connectivity index is 1.27. The molecule has 0 aliphatic carbocycles. The van der Waals surface area contributed by atoms with Gasteiger partial charge in [0.2, 0.25) is 21.8 Å². The highest BCUT2D eigenvalue weighted by molar-refractivity contribution is 8.00. The fourth-order valence-corrected chi connectivity index (χ4v) is 8.43. The van der Waals surface area contributed by atoms with Gasteiger partial charge in [-0.2, -0.15) is 0 Å². The van der Waals surface area contributed by atoms with E-state index in [-0.39, 0.29) is 33.6 Å². The summed E-state index contributed by atoms with van der Waals surface area (Å²) in [6.07, 6.45) is 0. The Kier molecular flexibility index (Phi) is 8.45. The summed E-state index contributed by atoms with van der Waals surface area (Å²) in [5.41, 5.74) is 1.17. The first-order valence-corrected chi connectivity index (χ1v) is 17.0. The van der Waals surface area contributed by atoms with E-state index < -0.39 is 57.3 Å². The van der Waals surface area contributed by atoms with Gasteiger partial charge in [-0.1, -0.05) is 29.2 Å². The van der Waals surface area contributed by atoms with Crippen LogP contribution in [0.15, 0.2) is 81.4 Å². The number of fused-ring (bicyclic) bond motifs is 2. The highest BCUT2D eigenvalue weighted by atomic mass is 32.2. The van der Waals surface area contributed by atoms with Crippen molar-refractivity contribution in [2.75, 3.05) is 23.4 Å². The number of halogens is 1. The van der Waals surface area contributed by atoms with Crippen molar-refractivity contribution in [3.8, 4) is 11.5 Å². The van der Waals surface area contributed by atoms with Gasteiger partial charge in [0, 0.05) is 16.5 Å². The van der Waals surface area contributed by atoms with Crippen LogP contribution >= 0.6 is 23.1 Å². The number of rotatable bonds is 9. The summed E-state index contributed by atoms with van der Waals surface area (Å²) < 4.78 is 48.1. The molecule has 16 heteroatoms. The van der Waals surface area contributed by atoms with E-state index >= 15 is 0 Å². The van der Waals surface area contributed by atoms with E-state index in [2.05, 4.69) is 10.3 Å². The van der Waals surface area contributed by atoms with Crippen LogP contribution in [-0.4, -0.2) is 49.6 Å². The van der Waals surface area contributed by atoms with E-state index in [1.807, 2.05) is 0 Å². The summed E-state index contributed by atoms with van der Waals surface area (Å²) >= 11 is 2.08. The summed E-state index contributed by atoms with van der Waals surface area (Å²) in [7, 11) is -3.88. The van der Waals surface area contributed by atoms with Gasteiger partial charge < -0.3 is 19.8 Å². The number of amides is 3. The van der Waals surface area contributed by atoms with Gasteiger partial charge >= 0.3 is 4.87 Å². The quantitative estimate of drug-likeness (QED) is 0.223. The van der Waals surface area contributed by atoms with Crippen molar-refractivity contribution in [3.05, 3.63) is 92.7 Å². The zero-order valence-corrected chi connectivity index (χ0v) is 26.3. The number of hydrogen-bond acceptors (Lipinski definition) is 10. The maximum Gasteiger partial charge on any atom is 0.305 e. The van der Waals surface area contributed by atoms with E-state index in [4.69, 9.17) is 14.6 Å². The summed E-state index contributed by atoms with van der Waals surface area (Å²) in [6.45, 7) is 1.59. The number of thiazole rings is 1. The highest BCUT2D eigenvalue weighted by Gasteiger charge is 2.56. The molecule has 6 rings (SSSR count). The maximum atomic E-state index is 13.9. The smallest absolute Gasteiger partial charge is 0.305 e. The van der Waals surface area contributed by atoms with Crippen molar-refractivity contribution < 1.29 is 36.7 Å². The minimum absolute atomic E-state index is 0.100. The number of thioether (sulfide) groups is 1. The number of carbonyl (C=O) groups excluding carboxylic acids is 3. The zero-order valence-electron chi connectivity index (χ0n) is 23.9. The van der Waals surface area contributed by atoms with E-state index in [1.54, 1.807) is 25.1 Å². The molecule has 238 valence electrons. The molecule has 1 saturated heterocycles. The fourth-order valence-electron chi connectivity index (χ4n) is 5.39. The van der Waals surface area contributed by atoms with Crippen molar-refractivity contribution in [3.63, 3.8) is 0 Å². The predicted octanol–water partition coefficient (Wildman–Crippen LogP) is 3.43. The van der Waals surface area contributed by atoms with Crippen LogP contribution in [0.25, 0.3) is 0 Å². The van der Waals surface area contributed by atoms with Crippen molar-refractivity contribution in [1.29, 1.82) is 0 Å². The number of nitrogens with two attached hydrogens (primary N) is 1. The molecule has 3 aromatic carbocycles. The number of ether oxygens (including phenoxy) is 2. The van der Waals surface area contributed by atoms with Crippen LogP contribution < -0.4 is 29.7 Å². The average Bonchev–Trinajstić information content (AvgIpc) is 3.51. The van der Waals surface area contributed by atoms with Crippen LogP contribution in [0.1, 0.15) is 23.3 Å². The Labute approximate surface area is 269 Å². The first-order valence-electron chi connectivity index (χ1n) is 13.8. The molecule has 12 nitrogen and oxygen atoms in total. The number of aromatic amines is 1. The molecule has 1 aromatic heterocycles. The van der Waals surface area contributed by atoms with Gasteiger partial charge in [0.25, 0.3) is 5.91 Å². The molecule has 3 atom stereocenters. The molecule has 2 aliphatic heterocycles. The minimum atomic E-state index is -3.88. The number of aromatic nitrogens is 1. The monoisotopic (exact) mass is 684 g/mol. The van der Waals surface area contributed by atoms with E-state index in [9.17, 15) is 32.0 Å². The van der Waals surface area contributed by atoms with E-state index in [0.29, 0.717) is 21.2 Å². The van der Waals surface area contributed by atoms with Gasteiger partial charge in [-0.25, -0.2) is 22.8 Å². The minimum Gasteiger partial charge on any atom is -0.490 e. The number of sulfonamides is 1.